The zero-order valence-electron chi connectivity index (χ0n) is 13.4. The zero-order valence-corrected chi connectivity index (χ0v) is 15.8. The lowest BCUT2D eigenvalue weighted by atomic mass is 9.96. The molecule has 0 spiro atoms. The van der Waals surface area contributed by atoms with Gasteiger partial charge in [0, 0.05) is 28.4 Å². The SMILES string of the molecule is Cn1c(Sc2nc(-c3ccc(Cl)cc3)cs2)nnc1C(C)(C)C. The van der Waals surface area contributed by atoms with Crippen LogP contribution in [-0.4, -0.2) is 19.7 Å². The molecule has 3 aromatic rings. The molecule has 0 amide bonds. The van der Waals surface area contributed by atoms with Crippen molar-refractivity contribution in [2.45, 2.75) is 35.7 Å². The Hall–Kier alpha value is -1.37. The Morgan fingerprint density at radius 2 is 1.83 bits per heavy atom. The van der Waals surface area contributed by atoms with Crippen molar-refractivity contribution >= 4 is 34.7 Å². The van der Waals surface area contributed by atoms with Crippen molar-refractivity contribution in [3.8, 4) is 11.3 Å². The fourth-order valence-corrected chi connectivity index (χ4v) is 4.04. The van der Waals surface area contributed by atoms with Crippen molar-refractivity contribution in [3.05, 3.63) is 40.5 Å². The summed E-state index contributed by atoms with van der Waals surface area (Å²) in [6.45, 7) is 6.40. The highest BCUT2D eigenvalue weighted by Crippen LogP contribution is 2.33. The quantitative estimate of drug-likeness (QED) is 0.653. The van der Waals surface area contributed by atoms with E-state index in [-0.39, 0.29) is 5.41 Å². The van der Waals surface area contributed by atoms with Crippen molar-refractivity contribution in [1.82, 2.24) is 19.7 Å². The van der Waals surface area contributed by atoms with E-state index in [2.05, 4.69) is 36.0 Å². The summed E-state index contributed by atoms with van der Waals surface area (Å²) in [5.41, 5.74) is 1.98. The van der Waals surface area contributed by atoms with Gasteiger partial charge in [-0.3, -0.25) is 0 Å². The molecule has 4 nitrogen and oxygen atoms in total. The number of thiazole rings is 1. The number of benzene rings is 1. The van der Waals surface area contributed by atoms with Crippen LogP contribution in [0.1, 0.15) is 26.6 Å². The topological polar surface area (TPSA) is 43.6 Å². The van der Waals surface area contributed by atoms with Gasteiger partial charge in [0.1, 0.15) is 5.82 Å². The number of nitrogens with zero attached hydrogens (tertiary/aromatic N) is 4. The molecule has 23 heavy (non-hydrogen) atoms. The van der Waals surface area contributed by atoms with Gasteiger partial charge >= 0.3 is 0 Å². The van der Waals surface area contributed by atoms with Crippen LogP contribution >= 0.6 is 34.7 Å². The maximum Gasteiger partial charge on any atom is 0.198 e. The molecular formula is C16H17ClN4S2. The molecule has 0 unspecified atom stereocenters. The molecule has 0 atom stereocenters. The minimum atomic E-state index is -0.0299. The molecule has 120 valence electrons. The van der Waals surface area contributed by atoms with Gasteiger partial charge in [-0.05, 0) is 23.9 Å². The van der Waals surface area contributed by atoms with Crippen LogP contribution in [0, 0.1) is 0 Å². The lowest BCUT2D eigenvalue weighted by molar-refractivity contribution is 0.513. The van der Waals surface area contributed by atoms with Gasteiger partial charge in [-0.1, -0.05) is 44.5 Å². The Labute approximate surface area is 148 Å². The summed E-state index contributed by atoms with van der Waals surface area (Å²) in [5.74, 6) is 0.967. The van der Waals surface area contributed by atoms with E-state index in [1.165, 1.54) is 0 Å². The summed E-state index contributed by atoms with van der Waals surface area (Å²) in [6.07, 6.45) is 0. The molecule has 0 saturated carbocycles. The first-order valence-corrected chi connectivity index (χ1v) is 9.21. The molecule has 0 N–H and O–H groups in total. The maximum atomic E-state index is 5.93. The van der Waals surface area contributed by atoms with Crippen LogP contribution in [0.15, 0.2) is 39.1 Å². The molecule has 0 aliphatic heterocycles. The van der Waals surface area contributed by atoms with Gasteiger partial charge in [0.25, 0.3) is 0 Å². The number of hydrogen-bond acceptors (Lipinski definition) is 5. The Bertz CT molecular complexity index is 815. The fourth-order valence-electron chi connectivity index (χ4n) is 2.19. The number of rotatable bonds is 3. The Kier molecular flexibility index (Phi) is 4.49. The van der Waals surface area contributed by atoms with E-state index in [4.69, 9.17) is 11.6 Å². The molecule has 0 radical (unpaired) electrons. The summed E-state index contributed by atoms with van der Waals surface area (Å²) in [7, 11) is 2.00. The van der Waals surface area contributed by atoms with Gasteiger partial charge in [0.05, 0.1) is 5.69 Å². The standard InChI is InChI=1S/C16H17ClN4S2/c1-16(2,3)13-19-20-14(21(13)4)23-15-18-12(9-22-15)10-5-7-11(17)8-6-10/h5-9H,1-4H3. The Morgan fingerprint density at radius 1 is 1.13 bits per heavy atom. The maximum absolute atomic E-state index is 5.93. The predicted molar refractivity (Wildman–Crippen MR) is 96.4 cm³/mol. The molecule has 0 aliphatic rings. The van der Waals surface area contributed by atoms with Crippen LogP contribution in [0.25, 0.3) is 11.3 Å². The van der Waals surface area contributed by atoms with Crippen molar-refractivity contribution < 1.29 is 0 Å². The highest BCUT2D eigenvalue weighted by Gasteiger charge is 2.22. The van der Waals surface area contributed by atoms with E-state index in [9.17, 15) is 0 Å². The highest BCUT2D eigenvalue weighted by atomic mass is 35.5. The lowest BCUT2D eigenvalue weighted by Gasteiger charge is -2.16. The molecule has 1 aromatic carbocycles. The number of hydrogen-bond donors (Lipinski definition) is 0. The summed E-state index contributed by atoms with van der Waals surface area (Å²) in [5, 5.41) is 12.2. The number of aromatic nitrogens is 4. The monoisotopic (exact) mass is 364 g/mol. The summed E-state index contributed by atoms with van der Waals surface area (Å²) in [6, 6.07) is 7.71. The van der Waals surface area contributed by atoms with Crippen LogP contribution in [0.2, 0.25) is 5.02 Å². The van der Waals surface area contributed by atoms with E-state index < -0.39 is 0 Å². The third-order valence-corrected chi connectivity index (χ3v) is 5.54. The summed E-state index contributed by atoms with van der Waals surface area (Å²) in [4.78, 5) is 4.68. The van der Waals surface area contributed by atoms with Crippen LogP contribution < -0.4 is 0 Å². The fraction of sp³-hybridized carbons (Fsp3) is 0.312. The zero-order chi connectivity index (χ0) is 16.6. The van der Waals surface area contributed by atoms with Crippen LogP contribution in [0.4, 0.5) is 0 Å². The van der Waals surface area contributed by atoms with E-state index in [0.29, 0.717) is 0 Å². The lowest BCUT2D eigenvalue weighted by Crippen LogP contribution is -2.17. The predicted octanol–water partition coefficient (Wildman–Crippen LogP) is 5.04. The molecule has 0 aliphatic carbocycles. The first kappa shape index (κ1) is 16.5. The summed E-state index contributed by atoms with van der Waals surface area (Å²) < 4.78 is 2.99. The average Bonchev–Trinajstić information content (AvgIpc) is 3.08. The van der Waals surface area contributed by atoms with Crippen molar-refractivity contribution in [3.63, 3.8) is 0 Å². The molecule has 3 rings (SSSR count). The molecule has 2 heterocycles. The molecule has 2 aromatic heterocycles. The second kappa shape index (κ2) is 6.26. The van der Waals surface area contributed by atoms with E-state index >= 15 is 0 Å². The van der Waals surface area contributed by atoms with Gasteiger partial charge in [-0.2, -0.15) is 0 Å². The normalized spacial score (nSPS) is 11.9. The van der Waals surface area contributed by atoms with Crippen molar-refractivity contribution in [1.29, 1.82) is 0 Å². The number of halogens is 1. The third kappa shape index (κ3) is 3.59. The molecule has 0 saturated heterocycles. The largest absolute Gasteiger partial charge is 0.308 e. The third-order valence-electron chi connectivity index (χ3n) is 3.31. The second-order valence-corrected chi connectivity index (χ2v) is 8.73. The van der Waals surface area contributed by atoms with Crippen molar-refractivity contribution in [2.24, 2.45) is 7.05 Å². The first-order valence-electron chi connectivity index (χ1n) is 7.14. The highest BCUT2D eigenvalue weighted by molar-refractivity contribution is 8.00. The first-order chi connectivity index (χ1) is 10.8. The van der Waals surface area contributed by atoms with Gasteiger partial charge in [0.2, 0.25) is 0 Å². The van der Waals surface area contributed by atoms with E-state index in [0.717, 1.165) is 31.6 Å². The van der Waals surface area contributed by atoms with Gasteiger partial charge < -0.3 is 4.57 Å². The second-order valence-electron chi connectivity index (χ2n) is 6.22. The Morgan fingerprint density at radius 3 is 2.43 bits per heavy atom. The minimum absolute atomic E-state index is 0.0299. The van der Waals surface area contributed by atoms with E-state index in [1.807, 2.05) is 41.3 Å². The smallest absolute Gasteiger partial charge is 0.198 e. The van der Waals surface area contributed by atoms with Gasteiger partial charge in [-0.25, -0.2) is 4.98 Å². The molecular weight excluding hydrogens is 348 g/mol. The Balaban J connectivity index is 1.82. The molecule has 7 heteroatoms. The van der Waals surface area contributed by atoms with Crippen LogP contribution in [0.5, 0.6) is 0 Å². The van der Waals surface area contributed by atoms with Gasteiger partial charge in [0.15, 0.2) is 9.50 Å². The molecule has 0 bridgehead atoms. The minimum Gasteiger partial charge on any atom is -0.308 e. The van der Waals surface area contributed by atoms with Gasteiger partial charge in [-0.15, -0.1) is 21.5 Å². The van der Waals surface area contributed by atoms with E-state index in [1.54, 1.807) is 23.1 Å². The van der Waals surface area contributed by atoms with Crippen LogP contribution in [-0.2, 0) is 12.5 Å². The average molecular weight is 365 g/mol. The van der Waals surface area contributed by atoms with Crippen molar-refractivity contribution in [2.75, 3.05) is 0 Å². The van der Waals surface area contributed by atoms with Crippen LogP contribution in [0.3, 0.4) is 0 Å². The molecule has 0 fully saturated rings. The summed E-state index contributed by atoms with van der Waals surface area (Å²) >= 11 is 9.08.